The summed E-state index contributed by atoms with van der Waals surface area (Å²) in [5, 5.41) is 8.68. The van der Waals surface area contributed by atoms with Gasteiger partial charge in [-0.2, -0.15) is 0 Å². The minimum absolute atomic E-state index is 0.599. The lowest BCUT2D eigenvalue weighted by Gasteiger charge is -2.32. The van der Waals surface area contributed by atoms with E-state index in [1.165, 1.54) is 5.56 Å². The fourth-order valence-corrected chi connectivity index (χ4v) is 3.90. The predicted octanol–water partition coefficient (Wildman–Crippen LogP) is 2.45. The molecule has 8 nitrogen and oxygen atoms in total. The molecule has 4 heterocycles. The zero-order valence-electron chi connectivity index (χ0n) is 15.6. The van der Waals surface area contributed by atoms with Crippen LogP contribution in [0.1, 0.15) is 24.1 Å². The van der Waals surface area contributed by atoms with E-state index in [1.54, 1.807) is 12.7 Å². The predicted molar refractivity (Wildman–Crippen MR) is 106 cm³/mol. The number of aromatic amines is 1. The zero-order chi connectivity index (χ0) is 18.8. The maximum Gasteiger partial charge on any atom is 0.182 e. The smallest absolute Gasteiger partial charge is 0.182 e. The highest BCUT2D eigenvalue weighted by Crippen LogP contribution is 2.26. The number of hydrogen-bond acceptors (Lipinski definition) is 6. The molecule has 5 rings (SSSR count). The van der Waals surface area contributed by atoms with Crippen LogP contribution in [0.15, 0.2) is 49.2 Å². The van der Waals surface area contributed by atoms with Gasteiger partial charge in [-0.25, -0.2) is 15.0 Å². The third kappa shape index (κ3) is 3.45. The third-order valence-corrected chi connectivity index (χ3v) is 5.38. The molecule has 0 unspecified atom stereocenters. The first-order valence-corrected chi connectivity index (χ1v) is 9.67. The normalized spacial score (nSPS) is 15.4. The number of fused-ring (bicyclic) bond motifs is 1. The molecule has 28 heavy (non-hydrogen) atoms. The Morgan fingerprint density at radius 1 is 1.04 bits per heavy atom. The number of aromatic nitrogens is 7. The second kappa shape index (κ2) is 7.38. The molecular formula is C20H22N8. The Labute approximate surface area is 162 Å². The van der Waals surface area contributed by atoms with Crippen LogP contribution >= 0.6 is 0 Å². The lowest BCUT2D eigenvalue weighted by molar-refractivity contribution is 0.338. The van der Waals surface area contributed by atoms with Gasteiger partial charge in [-0.3, -0.25) is 4.68 Å². The highest BCUT2D eigenvalue weighted by Gasteiger charge is 2.23. The molecular weight excluding hydrogens is 352 g/mol. The lowest BCUT2D eigenvalue weighted by Crippen LogP contribution is -2.35. The number of imidazole rings is 1. The van der Waals surface area contributed by atoms with Crippen LogP contribution in [0, 0.1) is 5.92 Å². The molecule has 8 heteroatoms. The monoisotopic (exact) mass is 374 g/mol. The van der Waals surface area contributed by atoms with Crippen LogP contribution in [-0.4, -0.2) is 48.0 Å². The quantitative estimate of drug-likeness (QED) is 0.577. The number of nitrogens with one attached hydrogen (secondary N) is 1. The molecule has 1 aliphatic heterocycles. The third-order valence-electron chi connectivity index (χ3n) is 5.38. The molecule has 0 bridgehead atoms. The molecule has 0 atom stereocenters. The molecule has 0 radical (unpaired) electrons. The lowest BCUT2D eigenvalue weighted by atomic mass is 9.97. The van der Waals surface area contributed by atoms with Crippen LogP contribution in [0.25, 0.3) is 11.2 Å². The molecule has 0 aliphatic carbocycles. The van der Waals surface area contributed by atoms with Crippen LogP contribution in [0.5, 0.6) is 0 Å². The van der Waals surface area contributed by atoms with Crippen molar-refractivity contribution in [3.05, 3.63) is 60.4 Å². The van der Waals surface area contributed by atoms with Gasteiger partial charge < -0.3 is 9.88 Å². The van der Waals surface area contributed by atoms with Crippen LogP contribution in [-0.2, 0) is 13.0 Å². The van der Waals surface area contributed by atoms with Gasteiger partial charge >= 0.3 is 0 Å². The Balaban J connectivity index is 1.19. The SMILES string of the molecule is c1ccc(Cc2cn(CC3CCN(c4ncnc5nc[nH]c45)CC3)nn2)cc1. The van der Waals surface area contributed by atoms with E-state index in [0.29, 0.717) is 5.92 Å². The Bertz CT molecular complexity index is 1050. The van der Waals surface area contributed by atoms with Gasteiger partial charge in [-0.15, -0.1) is 5.10 Å². The molecule has 1 saturated heterocycles. The number of piperidine rings is 1. The van der Waals surface area contributed by atoms with Gasteiger partial charge in [0.1, 0.15) is 11.8 Å². The van der Waals surface area contributed by atoms with Gasteiger partial charge in [0.05, 0.1) is 12.0 Å². The molecule has 1 fully saturated rings. The average molecular weight is 374 g/mol. The van der Waals surface area contributed by atoms with Crippen molar-refractivity contribution in [2.45, 2.75) is 25.8 Å². The molecule has 0 spiro atoms. The van der Waals surface area contributed by atoms with Crippen molar-refractivity contribution in [1.29, 1.82) is 0 Å². The summed E-state index contributed by atoms with van der Waals surface area (Å²) in [7, 11) is 0. The summed E-state index contributed by atoms with van der Waals surface area (Å²) in [6.45, 7) is 2.86. The molecule has 0 amide bonds. The molecule has 4 aromatic rings. The fourth-order valence-electron chi connectivity index (χ4n) is 3.90. The molecule has 1 aliphatic rings. The largest absolute Gasteiger partial charge is 0.355 e. The second-order valence-electron chi connectivity index (χ2n) is 7.32. The highest BCUT2D eigenvalue weighted by molar-refractivity contribution is 5.82. The van der Waals surface area contributed by atoms with Gasteiger partial charge in [-0.05, 0) is 24.3 Å². The topological polar surface area (TPSA) is 88.4 Å². The number of benzene rings is 1. The van der Waals surface area contributed by atoms with Crippen molar-refractivity contribution in [2.75, 3.05) is 18.0 Å². The van der Waals surface area contributed by atoms with E-state index in [1.807, 2.05) is 10.7 Å². The number of H-pyrrole nitrogens is 1. The van der Waals surface area contributed by atoms with Gasteiger partial charge in [-0.1, -0.05) is 35.5 Å². The van der Waals surface area contributed by atoms with E-state index in [9.17, 15) is 0 Å². The second-order valence-corrected chi connectivity index (χ2v) is 7.32. The number of anilines is 1. The van der Waals surface area contributed by atoms with E-state index in [2.05, 4.69) is 65.6 Å². The summed E-state index contributed by atoms with van der Waals surface area (Å²) in [6, 6.07) is 10.4. The number of nitrogens with zero attached hydrogens (tertiary/aromatic N) is 7. The molecule has 1 aromatic carbocycles. The van der Waals surface area contributed by atoms with Gasteiger partial charge in [0.15, 0.2) is 11.5 Å². The number of rotatable bonds is 5. The molecule has 142 valence electrons. The van der Waals surface area contributed by atoms with Crippen LogP contribution < -0.4 is 4.90 Å². The summed E-state index contributed by atoms with van der Waals surface area (Å²) >= 11 is 0. The molecule has 3 aromatic heterocycles. The number of hydrogen-bond donors (Lipinski definition) is 1. The van der Waals surface area contributed by atoms with E-state index < -0.39 is 0 Å². The van der Waals surface area contributed by atoms with Crippen molar-refractivity contribution >= 4 is 17.0 Å². The van der Waals surface area contributed by atoms with Crippen LogP contribution in [0.2, 0.25) is 0 Å². The standard InChI is InChI=1S/C20H22N8/c1-2-4-15(5-3-1)10-17-12-28(26-25-17)11-16-6-8-27(9-7-16)20-18-19(22-13-21-18)23-14-24-20/h1-5,12-14,16H,6-11H2,(H,21,22,23,24). The van der Waals surface area contributed by atoms with E-state index in [0.717, 1.165) is 61.6 Å². The Morgan fingerprint density at radius 3 is 2.75 bits per heavy atom. The molecule has 0 saturated carbocycles. The van der Waals surface area contributed by atoms with Crippen molar-refractivity contribution in [3.63, 3.8) is 0 Å². The van der Waals surface area contributed by atoms with Crippen molar-refractivity contribution < 1.29 is 0 Å². The minimum Gasteiger partial charge on any atom is -0.355 e. The first kappa shape index (κ1) is 16.9. The summed E-state index contributed by atoms with van der Waals surface area (Å²) in [5.74, 6) is 1.55. The Morgan fingerprint density at radius 2 is 1.89 bits per heavy atom. The van der Waals surface area contributed by atoms with Gasteiger partial charge in [0.2, 0.25) is 0 Å². The zero-order valence-corrected chi connectivity index (χ0v) is 15.6. The maximum atomic E-state index is 4.47. The Kier molecular flexibility index (Phi) is 4.44. The van der Waals surface area contributed by atoms with Gasteiger partial charge in [0.25, 0.3) is 0 Å². The maximum absolute atomic E-state index is 4.47. The molecule has 1 N–H and O–H groups in total. The summed E-state index contributed by atoms with van der Waals surface area (Å²) in [5.41, 5.74) is 3.92. The van der Waals surface area contributed by atoms with Crippen LogP contribution in [0.3, 0.4) is 0 Å². The summed E-state index contributed by atoms with van der Waals surface area (Å²) < 4.78 is 2.00. The first-order valence-electron chi connectivity index (χ1n) is 9.67. The summed E-state index contributed by atoms with van der Waals surface area (Å²) in [4.78, 5) is 18.4. The van der Waals surface area contributed by atoms with E-state index in [-0.39, 0.29) is 0 Å². The van der Waals surface area contributed by atoms with Crippen molar-refractivity contribution in [2.24, 2.45) is 5.92 Å². The first-order chi connectivity index (χ1) is 13.8. The average Bonchev–Trinajstić information content (AvgIpc) is 3.39. The van der Waals surface area contributed by atoms with Crippen molar-refractivity contribution in [1.82, 2.24) is 34.9 Å². The van der Waals surface area contributed by atoms with Gasteiger partial charge in [0, 0.05) is 32.3 Å². The summed E-state index contributed by atoms with van der Waals surface area (Å²) in [6.07, 6.45) is 8.38. The van der Waals surface area contributed by atoms with Crippen molar-refractivity contribution in [3.8, 4) is 0 Å². The Hall–Kier alpha value is -3.29. The fraction of sp³-hybridized carbons (Fsp3) is 0.350. The minimum atomic E-state index is 0.599. The van der Waals surface area contributed by atoms with E-state index in [4.69, 9.17) is 0 Å². The van der Waals surface area contributed by atoms with Crippen LogP contribution in [0.4, 0.5) is 5.82 Å². The highest BCUT2D eigenvalue weighted by atomic mass is 15.4. The van der Waals surface area contributed by atoms with E-state index >= 15 is 0 Å².